The Labute approximate surface area is 77.3 Å². The predicted molar refractivity (Wildman–Crippen MR) is 52.4 cm³/mol. The molecule has 0 unspecified atom stereocenters. The zero-order valence-corrected chi connectivity index (χ0v) is 9.35. The molecule has 3 nitrogen and oxygen atoms in total. The molecule has 0 spiro atoms. The van der Waals surface area contributed by atoms with Crippen molar-refractivity contribution in [3.05, 3.63) is 0 Å². The molecule has 0 bridgehead atoms. The van der Waals surface area contributed by atoms with Gasteiger partial charge in [-0.1, -0.05) is 0 Å². The van der Waals surface area contributed by atoms with Gasteiger partial charge >= 0.3 is 9.28 Å². The van der Waals surface area contributed by atoms with Crippen LogP contribution in [-0.4, -0.2) is 36.1 Å². The maximum Gasteiger partial charge on any atom is 0.384 e. The van der Waals surface area contributed by atoms with Gasteiger partial charge < -0.3 is 14.2 Å². The third kappa shape index (κ3) is 6.79. The highest BCUT2D eigenvalue weighted by molar-refractivity contribution is 6.44. The third-order valence-electron chi connectivity index (χ3n) is 1.42. The summed E-state index contributed by atoms with van der Waals surface area (Å²) in [7, 11) is 1.01. The Bertz CT molecular complexity index is 87.1. The summed E-state index contributed by atoms with van der Waals surface area (Å²) >= 11 is 0. The van der Waals surface area contributed by atoms with Crippen LogP contribution in [0.1, 0.15) is 20.3 Å². The first-order valence-electron chi connectivity index (χ1n) is 4.61. The number of nitrogens with one attached hydrogen (secondary N) is 1. The Balaban J connectivity index is 3.34. The Morgan fingerprint density at radius 2 is 1.75 bits per heavy atom. The van der Waals surface area contributed by atoms with E-state index in [1.807, 2.05) is 20.9 Å². The van der Waals surface area contributed by atoms with Crippen molar-refractivity contribution in [3.8, 4) is 0 Å². The van der Waals surface area contributed by atoms with Crippen LogP contribution in [0.25, 0.3) is 0 Å². The summed E-state index contributed by atoms with van der Waals surface area (Å²) in [5, 5.41) is 3.11. The lowest BCUT2D eigenvalue weighted by Gasteiger charge is -2.12. The first-order valence-corrected chi connectivity index (χ1v) is 6.13. The molecular weight excluding hydrogens is 170 g/mol. The van der Waals surface area contributed by atoms with E-state index < -0.39 is 9.28 Å². The van der Waals surface area contributed by atoms with Crippen LogP contribution in [0.2, 0.25) is 6.04 Å². The Kier molecular flexibility index (Phi) is 9.26. The quantitative estimate of drug-likeness (QED) is 0.460. The van der Waals surface area contributed by atoms with Gasteiger partial charge in [0.2, 0.25) is 0 Å². The molecule has 0 aliphatic heterocycles. The molecule has 1 N–H and O–H groups in total. The molecule has 0 rings (SSSR count). The second-order valence-electron chi connectivity index (χ2n) is 2.45. The van der Waals surface area contributed by atoms with Crippen LogP contribution in [-0.2, 0) is 8.85 Å². The van der Waals surface area contributed by atoms with Crippen LogP contribution in [0.5, 0.6) is 0 Å². The van der Waals surface area contributed by atoms with Gasteiger partial charge in [0.15, 0.2) is 0 Å². The number of rotatable bonds is 8. The first-order chi connectivity index (χ1) is 5.85. The number of hydrogen-bond acceptors (Lipinski definition) is 3. The minimum absolute atomic E-state index is 0.772. The molecule has 0 aliphatic carbocycles. The normalized spacial score (nSPS) is 11.0. The van der Waals surface area contributed by atoms with Gasteiger partial charge in [-0.15, -0.1) is 0 Å². The molecule has 0 fully saturated rings. The SMILES string of the molecule is CCO[Si](CCCNC)OCC. The van der Waals surface area contributed by atoms with Gasteiger partial charge in [-0.3, -0.25) is 0 Å². The average molecular weight is 190 g/mol. The molecule has 0 amide bonds. The number of hydrogen-bond donors (Lipinski definition) is 1. The predicted octanol–water partition coefficient (Wildman–Crippen LogP) is 1.16. The molecule has 12 heavy (non-hydrogen) atoms. The standard InChI is InChI=1S/C8H20NO2Si/c1-4-10-12(11-5-2)8-6-7-9-3/h9H,4-8H2,1-3H3. The van der Waals surface area contributed by atoms with Crippen molar-refractivity contribution in [1.82, 2.24) is 5.32 Å². The second-order valence-corrected chi connectivity index (χ2v) is 4.27. The summed E-state index contributed by atoms with van der Waals surface area (Å²) in [6.45, 7) is 6.62. The molecule has 0 aliphatic rings. The van der Waals surface area contributed by atoms with E-state index in [2.05, 4.69) is 5.32 Å². The largest absolute Gasteiger partial charge is 0.394 e. The lowest BCUT2D eigenvalue weighted by Crippen LogP contribution is -2.24. The summed E-state index contributed by atoms with van der Waals surface area (Å²) < 4.78 is 11.0. The van der Waals surface area contributed by atoms with E-state index in [0.717, 1.165) is 32.2 Å². The average Bonchev–Trinajstić information content (AvgIpc) is 2.06. The molecule has 0 atom stereocenters. The van der Waals surface area contributed by atoms with Crippen molar-refractivity contribution < 1.29 is 8.85 Å². The lowest BCUT2D eigenvalue weighted by atomic mass is 10.5. The molecule has 1 radical (unpaired) electrons. The zero-order chi connectivity index (χ0) is 9.23. The van der Waals surface area contributed by atoms with Gasteiger partial charge in [-0.05, 0) is 39.9 Å². The van der Waals surface area contributed by atoms with Crippen LogP contribution in [0.15, 0.2) is 0 Å². The first kappa shape index (κ1) is 12.1. The summed E-state index contributed by atoms with van der Waals surface area (Å²) in [6, 6.07) is 1.08. The monoisotopic (exact) mass is 190 g/mol. The molecule has 0 aromatic carbocycles. The van der Waals surface area contributed by atoms with Crippen molar-refractivity contribution in [2.24, 2.45) is 0 Å². The van der Waals surface area contributed by atoms with Crippen molar-refractivity contribution in [2.45, 2.75) is 26.3 Å². The smallest absolute Gasteiger partial charge is 0.384 e. The van der Waals surface area contributed by atoms with Gasteiger partial charge in [0.1, 0.15) is 0 Å². The Morgan fingerprint density at radius 3 is 2.17 bits per heavy atom. The highest BCUT2D eigenvalue weighted by Gasteiger charge is 2.12. The fraction of sp³-hybridized carbons (Fsp3) is 1.00. The third-order valence-corrected chi connectivity index (χ3v) is 3.40. The van der Waals surface area contributed by atoms with E-state index in [1.54, 1.807) is 0 Å². The van der Waals surface area contributed by atoms with Crippen LogP contribution in [0.3, 0.4) is 0 Å². The molecule has 0 saturated carbocycles. The van der Waals surface area contributed by atoms with E-state index in [0.29, 0.717) is 0 Å². The van der Waals surface area contributed by atoms with Gasteiger partial charge in [-0.25, -0.2) is 0 Å². The minimum Gasteiger partial charge on any atom is -0.394 e. The molecular formula is C8H20NO2Si. The maximum absolute atomic E-state index is 5.48. The molecule has 4 heteroatoms. The molecule has 0 aromatic rings. The van der Waals surface area contributed by atoms with Gasteiger partial charge in [0.05, 0.1) is 0 Å². The van der Waals surface area contributed by atoms with Crippen LogP contribution in [0, 0.1) is 0 Å². The summed E-state index contributed by atoms with van der Waals surface area (Å²) in [4.78, 5) is 0. The highest BCUT2D eigenvalue weighted by atomic mass is 28.3. The molecule has 0 heterocycles. The van der Waals surface area contributed by atoms with Crippen LogP contribution in [0.4, 0.5) is 0 Å². The van der Waals surface area contributed by atoms with Gasteiger partial charge in [-0.2, -0.15) is 0 Å². The highest BCUT2D eigenvalue weighted by Crippen LogP contribution is 2.00. The van der Waals surface area contributed by atoms with Crippen molar-refractivity contribution in [2.75, 3.05) is 26.8 Å². The fourth-order valence-corrected chi connectivity index (χ4v) is 2.40. The van der Waals surface area contributed by atoms with Gasteiger partial charge in [0, 0.05) is 13.2 Å². The summed E-state index contributed by atoms with van der Waals surface area (Å²) in [5.74, 6) is 0. The Hall–Kier alpha value is 0.0969. The van der Waals surface area contributed by atoms with Gasteiger partial charge in [0.25, 0.3) is 0 Å². The summed E-state index contributed by atoms with van der Waals surface area (Å²) in [5.41, 5.74) is 0. The second kappa shape index (κ2) is 9.19. The van der Waals surface area contributed by atoms with E-state index in [9.17, 15) is 0 Å². The van der Waals surface area contributed by atoms with Crippen molar-refractivity contribution in [1.29, 1.82) is 0 Å². The van der Waals surface area contributed by atoms with Crippen molar-refractivity contribution in [3.63, 3.8) is 0 Å². The van der Waals surface area contributed by atoms with E-state index in [1.165, 1.54) is 0 Å². The minimum atomic E-state index is -0.959. The molecule has 0 saturated heterocycles. The topological polar surface area (TPSA) is 30.5 Å². The summed E-state index contributed by atoms with van der Waals surface area (Å²) in [6.07, 6.45) is 1.14. The van der Waals surface area contributed by atoms with Crippen LogP contribution < -0.4 is 5.32 Å². The van der Waals surface area contributed by atoms with Crippen LogP contribution >= 0.6 is 0 Å². The molecule has 73 valence electrons. The van der Waals surface area contributed by atoms with E-state index in [-0.39, 0.29) is 0 Å². The molecule has 0 aromatic heterocycles. The fourth-order valence-electron chi connectivity index (χ4n) is 0.917. The Morgan fingerprint density at radius 1 is 1.17 bits per heavy atom. The maximum atomic E-state index is 5.48. The van der Waals surface area contributed by atoms with E-state index in [4.69, 9.17) is 8.85 Å². The van der Waals surface area contributed by atoms with Crippen molar-refractivity contribution >= 4 is 9.28 Å². The van der Waals surface area contributed by atoms with E-state index >= 15 is 0 Å². The lowest BCUT2D eigenvalue weighted by molar-refractivity contribution is 0.213. The zero-order valence-electron chi connectivity index (χ0n) is 8.35.